The molecule has 25 heavy (non-hydrogen) atoms. The van der Waals surface area contributed by atoms with Gasteiger partial charge in [-0.3, -0.25) is 0 Å². The summed E-state index contributed by atoms with van der Waals surface area (Å²) in [6, 6.07) is 11.1. The summed E-state index contributed by atoms with van der Waals surface area (Å²) in [5.41, 5.74) is 2.24. The molecular weight excluding hydrogens is 324 g/mol. The minimum absolute atomic E-state index is 0.191. The molecule has 0 spiro atoms. The van der Waals surface area contributed by atoms with Gasteiger partial charge in [-0.2, -0.15) is 0 Å². The molecular formula is C19H16O6. The minimum Gasteiger partial charge on any atom is -0.488 e. The lowest BCUT2D eigenvalue weighted by Crippen LogP contribution is -2.01. The molecule has 4 rings (SSSR count). The van der Waals surface area contributed by atoms with E-state index in [0.717, 1.165) is 16.7 Å². The van der Waals surface area contributed by atoms with E-state index in [2.05, 4.69) is 0 Å². The van der Waals surface area contributed by atoms with Gasteiger partial charge < -0.3 is 23.4 Å². The molecule has 0 radical (unpaired) electrons. The molecule has 0 unspecified atom stereocenters. The number of methoxy groups -OCH3 is 1. The molecule has 1 aromatic heterocycles. The molecule has 6 nitrogen and oxygen atoms in total. The summed E-state index contributed by atoms with van der Waals surface area (Å²) < 4.78 is 27.0. The zero-order chi connectivity index (χ0) is 17.4. The number of benzene rings is 2. The number of carbonyl (C=O) groups is 1. The first-order chi connectivity index (χ1) is 12.2. The van der Waals surface area contributed by atoms with E-state index in [1.807, 2.05) is 37.3 Å². The topological polar surface area (TPSA) is 67.1 Å². The number of hydrogen-bond donors (Lipinski definition) is 0. The van der Waals surface area contributed by atoms with Crippen LogP contribution in [-0.2, 0) is 11.3 Å². The summed E-state index contributed by atoms with van der Waals surface area (Å²) in [6.45, 7) is 2.41. The van der Waals surface area contributed by atoms with Gasteiger partial charge in [0.25, 0.3) is 0 Å². The number of rotatable bonds is 4. The molecule has 0 saturated carbocycles. The highest BCUT2D eigenvalue weighted by molar-refractivity contribution is 5.98. The van der Waals surface area contributed by atoms with E-state index in [9.17, 15) is 4.79 Å². The molecule has 0 atom stereocenters. The number of aryl methyl sites for hydroxylation is 1. The zero-order valence-electron chi connectivity index (χ0n) is 13.8. The van der Waals surface area contributed by atoms with Crippen LogP contribution in [0.1, 0.15) is 21.7 Å². The van der Waals surface area contributed by atoms with Crippen molar-refractivity contribution >= 4 is 16.9 Å². The van der Waals surface area contributed by atoms with Crippen LogP contribution in [0.15, 0.2) is 40.8 Å². The third kappa shape index (κ3) is 2.65. The molecule has 0 N–H and O–H groups in total. The maximum Gasteiger partial charge on any atom is 0.374 e. The van der Waals surface area contributed by atoms with Gasteiger partial charge in [-0.25, -0.2) is 4.79 Å². The van der Waals surface area contributed by atoms with Crippen LogP contribution >= 0.6 is 0 Å². The fourth-order valence-electron chi connectivity index (χ4n) is 2.87. The number of carbonyl (C=O) groups excluding carboxylic acids is 1. The lowest BCUT2D eigenvalue weighted by atomic mass is 10.1. The van der Waals surface area contributed by atoms with Gasteiger partial charge in [0.05, 0.1) is 12.5 Å². The second-order valence-electron chi connectivity index (χ2n) is 5.65. The standard InChI is InChI=1S/C19H16O6/c1-11-17-14(4-3-5-15(17)25-18(11)19(20)21-2)22-9-12-6-7-13-16(8-12)24-10-23-13/h3-8H,9-10H2,1-2H3. The Labute approximate surface area is 143 Å². The summed E-state index contributed by atoms with van der Waals surface area (Å²) in [5.74, 6) is 1.78. The Morgan fingerprint density at radius 2 is 2.00 bits per heavy atom. The van der Waals surface area contributed by atoms with E-state index in [1.54, 1.807) is 6.07 Å². The lowest BCUT2D eigenvalue weighted by Gasteiger charge is -2.08. The Morgan fingerprint density at radius 3 is 2.84 bits per heavy atom. The van der Waals surface area contributed by atoms with Gasteiger partial charge in [0.15, 0.2) is 11.5 Å². The smallest absolute Gasteiger partial charge is 0.374 e. The molecule has 0 saturated heterocycles. The van der Waals surface area contributed by atoms with Crippen LogP contribution in [0.25, 0.3) is 11.0 Å². The Kier molecular flexibility index (Phi) is 3.72. The molecule has 0 amide bonds. The maximum atomic E-state index is 11.8. The predicted molar refractivity (Wildman–Crippen MR) is 89.2 cm³/mol. The van der Waals surface area contributed by atoms with Crippen LogP contribution < -0.4 is 14.2 Å². The SMILES string of the molecule is COC(=O)c1oc2cccc(OCc3ccc4c(c3)OCO4)c2c1C. The third-order valence-electron chi connectivity index (χ3n) is 4.12. The van der Waals surface area contributed by atoms with Crippen LogP contribution in [0, 0.1) is 6.92 Å². The summed E-state index contributed by atoms with van der Waals surface area (Å²) in [4.78, 5) is 11.8. The molecule has 2 aromatic carbocycles. The summed E-state index contributed by atoms with van der Waals surface area (Å²) in [7, 11) is 1.33. The van der Waals surface area contributed by atoms with E-state index >= 15 is 0 Å². The number of furan rings is 1. The van der Waals surface area contributed by atoms with Gasteiger partial charge in [-0.15, -0.1) is 0 Å². The molecule has 0 aliphatic carbocycles. The second kappa shape index (κ2) is 6.05. The van der Waals surface area contributed by atoms with Crippen molar-refractivity contribution in [2.45, 2.75) is 13.5 Å². The third-order valence-corrected chi connectivity index (χ3v) is 4.12. The van der Waals surface area contributed by atoms with E-state index in [1.165, 1.54) is 7.11 Å². The van der Waals surface area contributed by atoms with Crippen molar-refractivity contribution in [1.29, 1.82) is 0 Å². The van der Waals surface area contributed by atoms with Gasteiger partial charge in [-0.1, -0.05) is 12.1 Å². The first-order valence-electron chi connectivity index (χ1n) is 7.79. The highest BCUT2D eigenvalue weighted by Gasteiger charge is 2.21. The molecule has 6 heteroatoms. The van der Waals surface area contributed by atoms with E-state index < -0.39 is 5.97 Å². The number of esters is 1. The largest absolute Gasteiger partial charge is 0.488 e. The van der Waals surface area contributed by atoms with Gasteiger partial charge in [0.1, 0.15) is 17.9 Å². The fourth-order valence-corrected chi connectivity index (χ4v) is 2.87. The molecule has 3 aromatic rings. The van der Waals surface area contributed by atoms with Crippen molar-refractivity contribution in [3.8, 4) is 17.2 Å². The van der Waals surface area contributed by atoms with Gasteiger partial charge in [0, 0.05) is 5.56 Å². The van der Waals surface area contributed by atoms with Crippen LogP contribution in [0.4, 0.5) is 0 Å². The predicted octanol–water partition coefficient (Wildman–Crippen LogP) is 3.84. The van der Waals surface area contributed by atoms with E-state index in [4.69, 9.17) is 23.4 Å². The highest BCUT2D eigenvalue weighted by Crippen LogP contribution is 2.35. The van der Waals surface area contributed by atoms with Gasteiger partial charge >= 0.3 is 5.97 Å². The normalized spacial score (nSPS) is 12.4. The molecule has 2 heterocycles. The molecule has 128 valence electrons. The molecule has 1 aliphatic rings. The minimum atomic E-state index is -0.504. The lowest BCUT2D eigenvalue weighted by molar-refractivity contribution is 0.0566. The number of fused-ring (bicyclic) bond motifs is 2. The molecule has 1 aliphatic heterocycles. The number of hydrogen-bond acceptors (Lipinski definition) is 6. The summed E-state index contributed by atoms with van der Waals surface area (Å²) in [5, 5.41) is 0.767. The van der Waals surface area contributed by atoms with Crippen molar-refractivity contribution in [3.05, 3.63) is 53.3 Å². The number of ether oxygens (including phenoxy) is 4. The first-order valence-corrected chi connectivity index (χ1v) is 7.79. The van der Waals surface area contributed by atoms with E-state index in [0.29, 0.717) is 29.3 Å². The zero-order valence-corrected chi connectivity index (χ0v) is 13.8. The van der Waals surface area contributed by atoms with Crippen molar-refractivity contribution in [2.24, 2.45) is 0 Å². The van der Waals surface area contributed by atoms with Gasteiger partial charge in [0.2, 0.25) is 12.6 Å². The van der Waals surface area contributed by atoms with Crippen LogP contribution in [0.3, 0.4) is 0 Å². The average Bonchev–Trinajstić information content (AvgIpc) is 3.23. The quantitative estimate of drug-likeness (QED) is 0.672. The van der Waals surface area contributed by atoms with Crippen molar-refractivity contribution in [1.82, 2.24) is 0 Å². The summed E-state index contributed by atoms with van der Waals surface area (Å²) in [6.07, 6.45) is 0. The maximum absolute atomic E-state index is 11.8. The Hall–Kier alpha value is -3.15. The fraction of sp³-hybridized carbons (Fsp3) is 0.211. The van der Waals surface area contributed by atoms with Crippen LogP contribution in [-0.4, -0.2) is 19.9 Å². The van der Waals surface area contributed by atoms with Crippen molar-refractivity contribution < 1.29 is 28.2 Å². The van der Waals surface area contributed by atoms with Crippen LogP contribution in [0.5, 0.6) is 17.2 Å². The Bertz CT molecular complexity index is 956. The summed E-state index contributed by atoms with van der Waals surface area (Å²) >= 11 is 0. The molecule has 0 fully saturated rings. The Balaban J connectivity index is 1.63. The average molecular weight is 340 g/mol. The van der Waals surface area contributed by atoms with Crippen LogP contribution in [0.2, 0.25) is 0 Å². The Morgan fingerprint density at radius 1 is 1.16 bits per heavy atom. The second-order valence-corrected chi connectivity index (χ2v) is 5.65. The highest BCUT2D eigenvalue weighted by atomic mass is 16.7. The van der Waals surface area contributed by atoms with Crippen molar-refractivity contribution in [3.63, 3.8) is 0 Å². The first kappa shape index (κ1) is 15.4. The molecule has 0 bridgehead atoms. The van der Waals surface area contributed by atoms with Gasteiger partial charge in [-0.05, 0) is 36.8 Å². The van der Waals surface area contributed by atoms with E-state index in [-0.39, 0.29) is 12.6 Å². The monoisotopic (exact) mass is 340 g/mol. The van der Waals surface area contributed by atoms with Crippen molar-refractivity contribution in [2.75, 3.05) is 13.9 Å².